The van der Waals surface area contributed by atoms with Gasteiger partial charge < -0.3 is 9.64 Å². The number of hydrogen-bond acceptors (Lipinski definition) is 3. The summed E-state index contributed by atoms with van der Waals surface area (Å²) in [6, 6.07) is 0. The molecule has 1 aliphatic heterocycles. The third-order valence-electron chi connectivity index (χ3n) is 2.54. The molecule has 0 N–H and O–H groups in total. The van der Waals surface area contributed by atoms with Crippen LogP contribution in [-0.4, -0.2) is 44.5 Å². The minimum atomic E-state index is 0.408. The molecule has 12 heavy (non-hydrogen) atoms. The van der Waals surface area contributed by atoms with Crippen molar-refractivity contribution < 1.29 is 4.74 Å². The molecular formula is C9H19NOS. The van der Waals surface area contributed by atoms with E-state index >= 15 is 0 Å². The van der Waals surface area contributed by atoms with Crippen molar-refractivity contribution in [1.29, 1.82) is 0 Å². The fourth-order valence-electron chi connectivity index (χ4n) is 1.84. The number of rotatable bonds is 3. The summed E-state index contributed by atoms with van der Waals surface area (Å²) in [7, 11) is 4.25. The van der Waals surface area contributed by atoms with Gasteiger partial charge in [0, 0.05) is 19.8 Å². The molecule has 0 aliphatic carbocycles. The van der Waals surface area contributed by atoms with Gasteiger partial charge in [0.15, 0.2) is 0 Å². The average Bonchev–Trinajstić information content (AvgIpc) is 2.05. The van der Waals surface area contributed by atoms with Crippen LogP contribution in [0.5, 0.6) is 0 Å². The molecule has 72 valence electrons. The van der Waals surface area contributed by atoms with Crippen molar-refractivity contribution in [3.05, 3.63) is 0 Å². The normalized spacial score (nSPS) is 23.0. The van der Waals surface area contributed by atoms with E-state index < -0.39 is 0 Å². The second-order valence-electron chi connectivity index (χ2n) is 4.01. The van der Waals surface area contributed by atoms with Gasteiger partial charge in [-0.2, -0.15) is 12.6 Å². The highest BCUT2D eigenvalue weighted by Crippen LogP contribution is 2.31. The van der Waals surface area contributed by atoms with E-state index in [1.54, 1.807) is 0 Å². The van der Waals surface area contributed by atoms with E-state index in [1.165, 1.54) is 0 Å². The van der Waals surface area contributed by atoms with E-state index in [4.69, 9.17) is 4.74 Å². The highest BCUT2D eigenvalue weighted by molar-refractivity contribution is 7.80. The van der Waals surface area contributed by atoms with Crippen molar-refractivity contribution in [1.82, 2.24) is 4.90 Å². The van der Waals surface area contributed by atoms with Gasteiger partial charge in [-0.1, -0.05) is 0 Å². The van der Waals surface area contributed by atoms with Gasteiger partial charge in [0.1, 0.15) is 0 Å². The standard InChI is InChI=1S/C9H19NOS/c1-10(2)7-9(8-12)3-5-11-6-4-9/h12H,3-8H2,1-2H3. The summed E-state index contributed by atoms with van der Waals surface area (Å²) in [5.74, 6) is 0.981. The lowest BCUT2D eigenvalue weighted by Crippen LogP contribution is -2.40. The molecule has 1 saturated heterocycles. The first-order valence-electron chi connectivity index (χ1n) is 4.52. The third kappa shape index (κ3) is 2.64. The van der Waals surface area contributed by atoms with Crippen LogP contribution in [0.4, 0.5) is 0 Å². The van der Waals surface area contributed by atoms with Crippen molar-refractivity contribution >= 4 is 12.6 Å². The van der Waals surface area contributed by atoms with Gasteiger partial charge in [-0.15, -0.1) is 0 Å². The SMILES string of the molecule is CN(C)CC1(CS)CCOCC1. The van der Waals surface area contributed by atoms with Gasteiger partial charge in [-0.25, -0.2) is 0 Å². The maximum Gasteiger partial charge on any atom is 0.0472 e. The average molecular weight is 189 g/mol. The predicted octanol–water partition coefficient (Wildman–Crippen LogP) is 1.27. The fourth-order valence-corrected chi connectivity index (χ4v) is 2.26. The molecule has 1 fully saturated rings. The summed E-state index contributed by atoms with van der Waals surface area (Å²) in [5, 5.41) is 0. The Labute approximate surface area is 80.7 Å². The summed E-state index contributed by atoms with van der Waals surface area (Å²) >= 11 is 4.44. The lowest BCUT2D eigenvalue weighted by Gasteiger charge is -2.38. The molecule has 0 saturated carbocycles. The van der Waals surface area contributed by atoms with E-state index in [0.29, 0.717) is 5.41 Å². The van der Waals surface area contributed by atoms with Crippen LogP contribution < -0.4 is 0 Å². The zero-order valence-electron chi connectivity index (χ0n) is 8.05. The Morgan fingerprint density at radius 2 is 1.92 bits per heavy atom. The Morgan fingerprint density at radius 1 is 1.33 bits per heavy atom. The van der Waals surface area contributed by atoms with Crippen LogP contribution in [0.3, 0.4) is 0 Å². The molecule has 0 spiro atoms. The van der Waals surface area contributed by atoms with Gasteiger partial charge in [0.05, 0.1) is 0 Å². The van der Waals surface area contributed by atoms with E-state index in [2.05, 4.69) is 31.6 Å². The Morgan fingerprint density at radius 3 is 2.33 bits per heavy atom. The highest BCUT2D eigenvalue weighted by atomic mass is 32.1. The molecule has 0 aromatic carbocycles. The minimum absolute atomic E-state index is 0.408. The van der Waals surface area contributed by atoms with E-state index in [-0.39, 0.29) is 0 Å². The van der Waals surface area contributed by atoms with Crippen molar-refractivity contribution in [3.63, 3.8) is 0 Å². The van der Waals surface area contributed by atoms with Gasteiger partial charge >= 0.3 is 0 Å². The molecule has 1 rings (SSSR count). The van der Waals surface area contributed by atoms with Gasteiger partial charge in [-0.05, 0) is 38.1 Å². The van der Waals surface area contributed by atoms with Crippen LogP contribution in [0.1, 0.15) is 12.8 Å². The maximum atomic E-state index is 5.36. The third-order valence-corrected chi connectivity index (χ3v) is 3.21. The van der Waals surface area contributed by atoms with Crippen molar-refractivity contribution in [2.24, 2.45) is 5.41 Å². The molecule has 0 bridgehead atoms. The zero-order valence-corrected chi connectivity index (χ0v) is 8.94. The predicted molar refractivity (Wildman–Crippen MR) is 54.9 cm³/mol. The van der Waals surface area contributed by atoms with Gasteiger partial charge in [0.25, 0.3) is 0 Å². The van der Waals surface area contributed by atoms with Crippen LogP contribution in [0.2, 0.25) is 0 Å². The zero-order chi connectivity index (χ0) is 9.03. The molecule has 0 radical (unpaired) electrons. The first-order valence-corrected chi connectivity index (χ1v) is 5.15. The Kier molecular flexibility index (Phi) is 3.87. The Hall–Kier alpha value is 0.270. The van der Waals surface area contributed by atoms with Gasteiger partial charge in [-0.3, -0.25) is 0 Å². The summed E-state index contributed by atoms with van der Waals surface area (Å²) in [6.07, 6.45) is 2.32. The molecule has 1 heterocycles. The Bertz CT molecular complexity index is 132. The molecule has 1 aliphatic rings. The van der Waals surface area contributed by atoms with Gasteiger partial charge in [0.2, 0.25) is 0 Å². The minimum Gasteiger partial charge on any atom is -0.381 e. The number of nitrogens with zero attached hydrogens (tertiary/aromatic N) is 1. The lowest BCUT2D eigenvalue weighted by atomic mass is 9.82. The molecule has 0 unspecified atom stereocenters. The first kappa shape index (κ1) is 10.4. The molecule has 0 aromatic heterocycles. The van der Waals surface area contributed by atoms with Crippen molar-refractivity contribution in [2.75, 3.05) is 39.6 Å². The van der Waals surface area contributed by atoms with Crippen LogP contribution in [0.25, 0.3) is 0 Å². The monoisotopic (exact) mass is 189 g/mol. The summed E-state index contributed by atoms with van der Waals surface area (Å²) < 4.78 is 5.36. The maximum absolute atomic E-state index is 5.36. The van der Waals surface area contributed by atoms with Crippen LogP contribution in [0, 0.1) is 5.41 Å². The second-order valence-corrected chi connectivity index (χ2v) is 4.32. The largest absolute Gasteiger partial charge is 0.381 e. The van der Waals surface area contributed by atoms with Crippen LogP contribution >= 0.6 is 12.6 Å². The molecule has 0 atom stereocenters. The number of ether oxygens (including phenoxy) is 1. The van der Waals surface area contributed by atoms with Crippen LogP contribution in [0.15, 0.2) is 0 Å². The van der Waals surface area contributed by atoms with E-state index in [1.807, 2.05) is 0 Å². The molecule has 0 aromatic rings. The van der Waals surface area contributed by atoms with Crippen molar-refractivity contribution in [2.45, 2.75) is 12.8 Å². The Balaban J connectivity index is 2.48. The fraction of sp³-hybridized carbons (Fsp3) is 1.00. The summed E-state index contributed by atoms with van der Waals surface area (Å²) in [5.41, 5.74) is 0.408. The summed E-state index contributed by atoms with van der Waals surface area (Å²) in [4.78, 5) is 2.25. The molecule has 3 heteroatoms. The smallest absolute Gasteiger partial charge is 0.0472 e. The number of hydrogen-bond donors (Lipinski definition) is 1. The molecule has 2 nitrogen and oxygen atoms in total. The van der Waals surface area contributed by atoms with E-state index in [0.717, 1.165) is 38.4 Å². The summed E-state index contributed by atoms with van der Waals surface area (Å²) in [6.45, 7) is 2.96. The second kappa shape index (κ2) is 4.49. The highest BCUT2D eigenvalue weighted by Gasteiger charge is 2.31. The first-order chi connectivity index (χ1) is 5.68. The topological polar surface area (TPSA) is 12.5 Å². The quantitative estimate of drug-likeness (QED) is 0.671. The van der Waals surface area contributed by atoms with Crippen molar-refractivity contribution in [3.8, 4) is 0 Å². The molecular weight excluding hydrogens is 170 g/mol. The lowest BCUT2D eigenvalue weighted by molar-refractivity contribution is 0.0147. The number of thiol groups is 1. The van der Waals surface area contributed by atoms with Crippen LogP contribution in [-0.2, 0) is 4.74 Å². The molecule has 0 amide bonds. The van der Waals surface area contributed by atoms with E-state index in [9.17, 15) is 0 Å².